The van der Waals surface area contributed by atoms with Gasteiger partial charge in [0, 0.05) is 40.7 Å². The summed E-state index contributed by atoms with van der Waals surface area (Å²) in [6.07, 6.45) is 9.53. The predicted octanol–water partition coefficient (Wildman–Crippen LogP) is 5.01. The van der Waals surface area contributed by atoms with Crippen molar-refractivity contribution in [2.24, 2.45) is 5.92 Å². The van der Waals surface area contributed by atoms with Crippen molar-refractivity contribution in [3.8, 4) is 34.0 Å². The Morgan fingerprint density at radius 3 is 2.82 bits per heavy atom. The average Bonchev–Trinajstić information content (AvgIpc) is 3.73. The molecule has 0 atom stereocenters. The van der Waals surface area contributed by atoms with Crippen LogP contribution in [0.3, 0.4) is 0 Å². The second kappa shape index (κ2) is 10.0. The van der Waals surface area contributed by atoms with Gasteiger partial charge < -0.3 is 15.6 Å². The first-order valence-electron chi connectivity index (χ1n) is 12.9. The zero-order chi connectivity index (χ0) is 26.2. The second-order valence-corrected chi connectivity index (χ2v) is 10.5. The van der Waals surface area contributed by atoms with Crippen molar-refractivity contribution in [3.05, 3.63) is 59.8 Å². The summed E-state index contributed by atoms with van der Waals surface area (Å²) < 4.78 is 0. The maximum atomic E-state index is 12.6. The number of aromatic amines is 2. The third-order valence-electron chi connectivity index (χ3n) is 7.12. The first kappa shape index (κ1) is 23.6. The highest BCUT2D eigenvalue weighted by Crippen LogP contribution is 2.32. The lowest BCUT2D eigenvalue weighted by Crippen LogP contribution is -2.30. The Labute approximate surface area is 227 Å². The number of pyridine rings is 3. The van der Waals surface area contributed by atoms with E-state index in [0.717, 1.165) is 70.4 Å². The van der Waals surface area contributed by atoms with Crippen molar-refractivity contribution in [1.82, 2.24) is 40.4 Å². The van der Waals surface area contributed by atoms with E-state index < -0.39 is 0 Å². The van der Waals surface area contributed by atoms with Crippen LogP contribution in [0.2, 0.25) is 0 Å². The molecule has 39 heavy (non-hydrogen) atoms. The monoisotopic (exact) mass is 535 g/mol. The predicted molar refractivity (Wildman–Crippen MR) is 152 cm³/mol. The number of amides is 1. The number of nitrogens with zero attached hydrogens (tertiary/aromatic N) is 5. The highest BCUT2D eigenvalue weighted by molar-refractivity contribution is 7.08. The number of hydrogen-bond acceptors (Lipinski definition) is 8. The minimum Gasteiger partial charge on any atom is -0.336 e. The number of hydrogen-bond donors (Lipinski definition) is 4. The summed E-state index contributed by atoms with van der Waals surface area (Å²) in [5.74, 6) is 1.08. The van der Waals surface area contributed by atoms with E-state index in [0.29, 0.717) is 29.5 Å². The Kier molecular flexibility index (Phi) is 6.06. The number of fused-ring (bicyclic) bond motifs is 2. The molecule has 0 radical (unpaired) electrons. The lowest BCUT2D eigenvalue weighted by atomic mass is 9.94. The Bertz CT molecular complexity index is 1780. The summed E-state index contributed by atoms with van der Waals surface area (Å²) in [5.41, 5.74) is 7.25. The molecule has 6 aromatic rings. The van der Waals surface area contributed by atoms with Crippen LogP contribution in [0.5, 0.6) is 0 Å². The largest absolute Gasteiger partial charge is 0.336 e. The van der Waals surface area contributed by atoms with E-state index in [1.807, 2.05) is 29.6 Å². The van der Waals surface area contributed by atoms with E-state index in [2.05, 4.69) is 46.1 Å². The summed E-state index contributed by atoms with van der Waals surface area (Å²) in [6, 6.07) is 7.83. The molecule has 6 aromatic heterocycles. The molecular weight excluding hydrogens is 510 g/mol. The van der Waals surface area contributed by atoms with Crippen molar-refractivity contribution in [1.29, 1.82) is 0 Å². The summed E-state index contributed by atoms with van der Waals surface area (Å²) in [6.45, 7) is 1.94. The van der Waals surface area contributed by atoms with Crippen LogP contribution in [-0.4, -0.2) is 54.1 Å². The van der Waals surface area contributed by atoms with E-state index >= 15 is 0 Å². The van der Waals surface area contributed by atoms with E-state index in [9.17, 15) is 4.79 Å². The van der Waals surface area contributed by atoms with Gasteiger partial charge in [-0.1, -0.05) is 0 Å². The van der Waals surface area contributed by atoms with Gasteiger partial charge in [-0.15, -0.1) is 0 Å². The van der Waals surface area contributed by atoms with Crippen molar-refractivity contribution >= 4 is 44.9 Å². The summed E-state index contributed by atoms with van der Waals surface area (Å²) in [5, 5.41) is 18.9. The number of nitrogens with one attached hydrogen (secondary N) is 4. The zero-order valence-corrected chi connectivity index (χ0v) is 21.8. The molecule has 0 bridgehead atoms. The second-order valence-electron chi connectivity index (χ2n) is 9.75. The number of H-pyrrole nitrogens is 2. The number of thiophene rings is 1. The third kappa shape index (κ3) is 4.66. The number of carbonyl (C=O) groups excluding carboxylic acids is 1. The van der Waals surface area contributed by atoms with Gasteiger partial charge in [0.15, 0.2) is 5.82 Å². The third-order valence-corrected chi connectivity index (χ3v) is 7.80. The Morgan fingerprint density at radius 2 is 1.95 bits per heavy atom. The first-order chi connectivity index (χ1) is 19.2. The number of rotatable bonds is 6. The normalized spacial score (nSPS) is 14.3. The SMILES string of the molecule is O=C(CC1CCNCC1)Nc1cncc(-c2cc3c(-c4nc5c(-c6ccsc6)nccc5[nH]4)n[nH]c3cn2)c1. The molecule has 1 fully saturated rings. The smallest absolute Gasteiger partial charge is 0.224 e. The van der Waals surface area contributed by atoms with Gasteiger partial charge in [0.1, 0.15) is 11.2 Å². The summed E-state index contributed by atoms with van der Waals surface area (Å²) in [7, 11) is 0. The molecule has 10 nitrogen and oxygen atoms in total. The lowest BCUT2D eigenvalue weighted by Gasteiger charge is -2.21. The molecule has 4 N–H and O–H groups in total. The minimum absolute atomic E-state index is 0.0163. The zero-order valence-electron chi connectivity index (χ0n) is 20.9. The van der Waals surface area contributed by atoms with E-state index in [1.54, 1.807) is 36.1 Å². The molecule has 0 aromatic carbocycles. The number of piperidine rings is 1. The van der Waals surface area contributed by atoms with Gasteiger partial charge >= 0.3 is 0 Å². The van der Waals surface area contributed by atoms with Gasteiger partial charge in [0.25, 0.3) is 0 Å². The number of imidazole rings is 1. The van der Waals surface area contributed by atoms with Gasteiger partial charge in [-0.2, -0.15) is 16.4 Å². The molecule has 1 aliphatic heterocycles. The molecule has 1 saturated heterocycles. The fraction of sp³-hybridized carbons (Fsp3) is 0.214. The number of carbonyl (C=O) groups is 1. The van der Waals surface area contributed by atoms with Crippen LogP contribution in [0.25, 0.3) is 56.0 Å². The Balaban J connectivity index is 1.19. The van der Waals surface area contributed by atoms with Gasteiger partial charge in [-0.3, -0.25) is 24.8 Å². The summed E-state index contributed by atoms with van der Waals surface area (Å²) >= 11 is 1.63. The molecule has 1 aliphatic rings. The van der Waals surface area contributed by atoms with Crippen LogP contribution in [0.4, 0.5) is 5.69 Å². The van der Waals surface area contributed by atoms with Crippen LogP contribution in [0, 0.1) is 5.92 Å². The first-order valence-corrected chi connectivity index (χ1v) is 13.8. The van der Waals surface area contributed by atoms with Crippen LogP contribution >= 0.6 is 11.3 Å². The molecule has 0 aliphatic carbocycles. The highest BCUT2D eigenvalue weighted by Gasteiger charge is 2.19. The van der Waals surface area contributed by atoms with Gasteiger partial charge in [0.2, 0.25) is 5.91 Å². The topological polar surface area (TPSA) is 137 Å². The van der Waals surface area contributed by atoms with Crippen molar-refractivity contribution < 1.29 is 4.79 Å². The number of aromatic nitrogens is 7. The quantitative estimate of drug-likeness (QED) is 0.235. The van der Waals surface area contributed by atoms with Crippen molar-refractivity contribution in [2.45, 2.75) is 19.3 Å². The average molecular weight is 536 g/mol. The maximum absolute atomic E-state index is 12.6. The van der Waals surface area contributed by atoms with E-state index in [1.165, 1.54) is 0 Å². The van der Waals surface area contributed by atoms with E-state index in [-0.39, 0.29) is 5.91 Å². The molecule has 7 heterocycles. The van der Waals surface area contributed by atoms with Crippen molar-refractivity contribution in [2.75, 3.05) is 18.4 Å². The van der Waals surface area contributed by atoms with Crippen LogP contribution < -0.4 is 10.6 Å². The van der Waals surface area contributed by atoms with Crippen LogP contribution in [0.15, 0.2) is 59.8 Å². The van der Waals surface area contributed by atoms with Gasteiger partial charge in [-0.25, -0.2) is 4.98 Å². The minimum atomic E-state index is 0.0163. The number of anilines is 1. The van der Waals surface area contributed by atoms with Gasteiger partial charge in [-0.05, 0) is 61.5 Å². The fourth-order valence-electron chi connectivity index (χ4n) is 5.12. The standard InChI is InChI=1S/C28H25N9OS/c38-24(9-16-1-5-29-6-2-16)33-19-10-18(12-30-13-19)22-11-20-23(14-32-22)36-37-26(20)28-34-21-3-7-31-25(27(21)35-28)17-4-8-39-15-17/h3-4,7-8,10-16,29H,1-2,5-6,9H2,(H,33,38)(H,34,35)(H,36,37). The van der Waals surface area contributed by atoms with Crippen molar-refractivity contribution in [3.63, 3.8) is 0 Å². The summed E-state index contributed by atoms with van der Waals surface area (Å²) in [4.78, 5) is 34.5. The molecule has 194 valence electrons. The Hall–Kier alpha value is -4.48. The molecule has 7 rings (SSSR count). The molecule has 0 saturated carbocycles. The maximum Gasteiger partial charge on any atom is 0.224 e. The van der Waals surface area contributed by atoms with E-state index in [4.69, 9.17) is 4.98 Å². The Morgan fingerprint density at radius 1 is 1.03 bits per heavy atom. The van der Waals surface area contributed by atoms with Gasteiger partial charge in [0.05, 0.1) is 40.5 Å². The molecule has 0 spiro atoms. The van der Waals surface area contributed by atoms with Crippen LogP contribution in [0.1, 0.15) is 19.3 Å². The molecule has 0 unspecified atom stereocenters. The fourth-order valence-corrected chi connectivity index (χ4v) is 5.76. The highest BCUT2D eigenvalue weighted by atomic mass is 32.1. The molecule has 1 amide bonds. The molecule has 11 heteroatoms. The molecular formula is C28H25N9OS. The van der Waals surface area contributed by atoms with Crippen LogP contribution in [-0.2, 0) is 4.79 Å². The lowest BCUT2D eigenvalue weighted by molar-refractivity contribution is -0.117.